The summed E-state index contributed by atoms with van der Waals surface area (Å²) in [4.78, 5) is 23.2. The minimum absolute atomic E-state index is 0.00185. The molecule has 0 aromatic heterocycles. The molecule has 1 saturated heterocycles. The van der Waals surface area contributed by atoms with E-state index in [1.165, 1.54) is 0 Å². The van der Waals surface area contributed by atoms with Gasteiger partial charge in [0.2, 0.25) is 5.91 Å². The minimum Gasteiger partial charge on any atom is -0.481 e. The van der Waals surface area contributed by atoms with E-state index >= 15 is 0 Å². The molecule has 15 heavy (non-hydrogen) atoms. The molecule has 1 heterocycles. The highest BCUT2D eigenvalue weighted by molar-refractivity contribution is 5.73. The molecule has 0 aromatic rings. The van der Waals surface area contributed by atoms with Gasteiger partial charge < -0.3 is 14.7 Å². The molecule has 86 valence electrons. The molecular weight excluding hydrogens is 198 g/mol. The number of amides is 1. The zero-order valence-corrected chi connectivity index (χ0v) is 8.94. The Morgan fingerprint density at radius 2 is 2.27 bits per heavy atom. The first-order valence-electron chi connectivity index (χ1n) is 5.18. The molecule has 5 nitrogen and oxygen atoms in total. The smallest absolute Gasteiger partial charge is 0.303 e. The van der Waals surface area contributed by atoms with Crippen molar-refractivity contribution in [3.63, 3.8) is 0 Å². The van der Waals surface area contributed by atoms with E-state index in [9.17, 15) is 9.59 Å². The van der Waals surface area contributed by atoms with E-state index in [0.717, 1.165) is 0 Å². The Bertz CT molecular complexity index is 242. The summed E-state index contributed by atoms with van der Waals surface area (Å²) in [7, 11) is 0. The summed E-state index contributed by atoms with van der Waals surface area (Å²) in [6, 6.07) is 0. The number of carbonyl (C=O) groups is 2. The molecular formula is C10H17NO4. The maximum atomic E-state index is 11.1. The fourth-order valence-corrected chi connectivity index (χ4v) is 1.66. The second-order valence-electron chi connectivity index (χ2n) is 3.74. The molecule has 5 heteroatoms. The Morgan fingerprint density at radius 1 is 1.53 bits per heavy atom. The summed E-state index contributed by atoms with van der Waals surface area (Å²) < 4.78 is 5.45. The van der Waals surface area contributed by atoms with Crippen molar-refractivity contribution in [3.8, 4) is 0 Å². The number of aliphatic carboxylic acids is 1. The van der Waals surface area contributed by atoms with Gasteiger partial charge in [-0.05, 0) is 12.8 Å². The van der Waals surface area contributed by atoms with Crippen LogP contribution in [-0.4, -0.2) is 47.7 Å². The van der Waals surface area contributed by atoms with Gasteiger partial charge in [0.1, 0.15) is 0 Å². The van der Waals surface area contributed by atoms with Gasteiger partial charge in [-0.2, -0.15) is 0 Å². The van der Waals surface area contributed by atoms with E-state index < -0.39 is 5.97 Å². The topological polar surface area (TPSA) is 66.8 Å². The van der Waals surface area contributed by atoms with Crippen LogP contribution >= 0.6 is 0 Å². The van der Waals surface area contributed by atoms with Gasteiger partial charge in [0.15, 0.2) is 0 Å². The van der Waals surface area contributed by atoms with E-state index in [0.29, 0.717) is 32.5 Å². The molecule has 0 saturated carbocycles. The van der Waals surface area contributed by atoms with Crippen LogP contribution in [0.5, 0.6) is 0 Å². The molecule has 0 aromatic carbocycles. The fourth-order valence-electron chi connectivity index (χ4n) is 1.66. The molecule has 1 aliphatic rings. The van der Waals surface area contributed by atoms with Gasteiger partial charge in [0.05, 0.1) is 12.7 Å². The van der Waals surface area contributed by atoms with Crippen molar-refractivity contribution in [2.24, 2.45) is 0 Å². The average molecular weight is 215 g/mol. The largest absolute Gasteiger partial charge is 0.481 e. The van der Waals surface area contributed by atoms with Gasteiger partial charge in [-0.1, -0.05) is 0 Å². The number of morpholine rings is 1. The van der Waals surface area contributed by atoms with Crippen molar-refractivity contribution in [1.82, 2.24) is 4.90 Å². The number of carbonyl (C=O) groups excluding carboxylic acids is 1. The highest BCUT2D eigenvalue weighted by Crippen LogP contribution is 2.11. The first kappa shape index (κ1) is 12.0. The van der Waals surface area contributed by atoms with Crippen molar-refractivity contribution in [3.05, 3.63) is 0 Å². The second kappa shape index (κ2) is 5.70. The van der Waals surface area contributed by atoms with Crippen LogP contribution in [0, 0.1) is 0 Å². The number of ether oxygens (including phenoxy) is 1. The van der Waals surface area contributed by atoms with Crippen LogP contribution < -0.4 is 0 Å². The number of carboxylic acids is 1. The Hall–Kier alpha value is -1.10. The summed E-state index contributed by atoms with van der Waals surface area (Å²) in [5.74, 6) is -0.726. The predicted octanol–water partition coefficient (Wildman–Crippen LogP) is 0.489. The summed E-state index contributed by atoms with van der Waals surface area (Å²) in [5.41, 5.74) is 0. The maximum Gasteiger partial charge on any atom is 0.303 e. The van der Waals surface area contributed by atoms with Crippen molar-refractivity contribution in [2.45, 2.75) is 32.3 Å². The van der Waals surface area contributed by atoms with E-state index in [1.54, 1.807) is 11.8 Å². The number of nitrogens with zero attached hydrogens (tertiary/aromatic N) is 1. The Balaban J connectivity index is 2.24. The van der Waals surface area contributed by atoms with Gasteiger partial charge in [-0.15, -0.1) is 0 Å². The lowest BCUT2D eigenvalue weighted by atomic mass is 10.1. The maximum absolute atomic E-state index is 11.1. The van der Waals surface area contributed by atoms with E-state index in [2.05, 4.69) is 0 Å². The van der Waals surface area contributed by atoms with E-state index in [-0.39, 0.29) is 18.4 Å². The normalized spacial score (nSPS) is 21.4. The van der Waals surface area contributed by atoms with E-state index in [1.807, 2.05) is 0 Å². The van der Waals surface area contributed by atoms with Crippen LogP contribution in [0.3, 0.4) is 0 Å². The number of rotatable bonds is 4. The van der Waals surface area contributed by atoms with Crippen LogP contribution in [0.25, 0.3) is 0 Å². The van der Waals surface area contributed by atoms with Crippen molar-refractivity contribution < 1.29 is 19.4 Å². The highest BCUT2D eigenvalue weighted by atomic mass is 16.5. The summed E-state index contributed by atoms with van der Waals surface area (Å²) in [6.07, 6.45) is 1.48. The Labute approximate surface area is 89.0 Å². The van der Waals surface area contributed by atoms with Crippen molar-refractivity contribution in [2.75, 3.05) is 19.7 Å². The summed E-state index contributed by atoms with van der Waals surface area (Å²) >= 11 is 0. The summed E-state index contributed by atoms with van der Waals surface area (Å²) in [5, 5.41) is 8.48. The molecule has 0 spiro atoms. The molecule has 1 unspecified atom stereocenters. The van der Waals surface area contributed by atoms with Crippen LogP contribution in [0.1, 0.15) is 26.2 Å². The molecule has 1 aliphatic heterocycles. The molecule has 0 aliphatic carbocycles. The third-order valence-corrected chi connectivity index (χ3v) is 2.50. The first-order valence-corrected chi connectivity index (χ1v) is 5.18. The van der Waals surface area contributed by atoms with Gasteiger partial charge in [0, 0.05) is 26.4 Å². The molecule has 1 N–H and O–H groups in total. The SMILES string of the molecule is CC(=O)N1CCOC(CCCC(=O)O)C1. The lowest BCUT2D eigenvalue weighted by molar-refractivity contribution is -0.139. The third-order valence-electron chi connectivity index (χ3n) is 2.50. The lowest BCUT2D eigenvalue weighted by Gasteiger charge is -2.32. The summed E-state index contributed by atoms with van der Waals surface area (Å²) in [6.45, 7) is 3.33. The van der Waals surface area contributed by atoms with Crippen LogP contribution in [0.4, 0.5) is 0 Å². The Kier molecular flexibility index (Phi) is 4.55. The molecule has 1 fully saturated rings. The zero-order valence-electron chi connectivity index (χ0n) is 8.94. The fraction of sp³-hybridized carbons (Fsp3) is 0.800. The quantitative estimate of drug-likeness (QED) is 0.741. The number of carboxylic acid groups (broad SMARTS) is 1. The Morgan fingerprint density at radius 3 is 2.87 bits per heavy atom. The molecule has 1 rings (SSSR count). The highest BCUT2D eigenvalue weighted by Gasteiger charge is 2.21. The zero-order chi connectivity index (χ0) is 11.3. The second-order valence-corrected chi connectivity index (χ2v) is 3.74. The first-order chi connectivity index (χ1) is 7.09. The molecule has 0 bridgehead atoms. The molecule has 0 radical (unpaired) electrons. The van der Waals surface area contributed by atoms with Crippen molar-refractivity contribution >= 4 is 11.9 Å². The third kappa shape index (κ3) is 4.29. The van der Waals surface area contributed by atoms with Gasteiger partial charge in [-0.25, -0.2) is 0 Å². The molecule has 1 atom stereocenters. The standard InChI is InChI=1S/C10H17NO4/c1-8(12)11-5-6-15-9(7-11)3-2-4-10(13)14/h9H,2-7H2,1H3,(H,13,14). The molecule has 1 amide bonds. The van der Waals surface area contributed by atoms with E-state index in [4.69, 9.17) is 9.84 Å². The predicted molar refractivity (Wildman–Crippen MR) is 53.5 cm³/mol. The minimum atomic E-state index is -0.783. The van der Waals surface area contributed by atoms with Gasteiger partial charge in [0.25, 0.3) is 0 Å². The monoisotopic (exact) mass is 215 g/mol. The number of hydrogen-bond donors (Lipinski definition) is 1. The van der Waals surface area contributed by atoms with Crippen LogP contribution in [0.15, 0.2) is 0 Å². The van der Waals surface area contributed by atoms with Crippen LogP contribution in [0.2, 0.25) is 0 Å². The number of hydrogen-bond acceptors (Lipinski definition) is 3. The lowest BCUT2D eigenvalue weighted by Crippen LogP contribution is -2.44. The average Bonchev–Trinajstić information content (AvgIpc) is 2.17. The van der Waals surface area contributed by atoms with Crippen LogP contribution in [-0.2, 0) is 14.3 Å². The van der Waals surface area contributed by atoms with Gasteiger partial charge in [-0.3, -0.25) is 9.59 Å². The van der Waals surface area contributed by atoms with Crippen molar-refractivity contribution in [1.29, 1.82) is 0 Å². The van der Waals surface area contributed by atoms with Gasteiger partial charge >= 0.3 is 5.97 Å².